The van der Waals surface area contributed by atoms with Crippen molar-refractivity contribution in [3.63, 3.8) is 0 Å². The predicted octanol–water partition coefficient (Wildman–Crippen LogP) is 3.95. The van der Waals surface area contributed by atoms with Gasteiger partial charge in [-0.25, -0.2) is 0 Å². The van der Waals surface area contributed by atoms with E-state index in [1.54, 1.807) is 0 Å². The molecule has 0 aliphatic heterocycles. The number of aromatic amines is 1. The molecule has 3 nitrogen and oxygen atoms in total. The lowest BCUT2D eigenvalue weighted by atomic mass is 10.1. The molecule has 100 valence electrons. The second-order valence-electron chi connectivity index (χ2n) is 4.51. The molecule has 0 saturated carbocycles. The molecule has 0 spiro atoms. The van der Waals surface area contributed by atoms with Crippen LogP contribution in [0.5, 0.6) is 0 Å². The number of benzene rings is 2. The maximum absolute atomic E-state index is 5.61. The number of nitrogens with one attached hydrogen (secondary N) is 1. The smallest absolute Gasteiger partial charge is 0.145 e. The zero-order chi connectivity index (χ0) is 13.8. The molecule has 0 aliphatic carbocycles. The molecule has 0 radical (unpaired) electrons. The van der Waals surface area contributed by atoms with Gasteiger partial charge in [-0.15, -0.1) is 11.8 Å². The van der Waals surface area contributed by atoms with Crippen LogP contribution in [-0.4, -0.2) is 10.2 Å². The molecule has 0 bridgehead atoms. The Labute approximate surface area is 122 Å². The van der Waals surface area contributed by atoms with Gasteiger partial charge in [0.05, 0.1) is 5.69 Å². The number of rotatable bonds is 4. The standard InChI is InChI=1S/C16H15N3S/c17-16-10-15(18-19-16)13-6-8-14(9-7-13)20-11-12-4-2-1-3-5-12/h1-10H,11H2,(H3,17,18,19). The average Bonchev–Trinajstić information content (AvgIpc) is 2.93. The Hall–Kier alpha value is -2.20. The fourth-order valence-electron chi connectivity index (χ4n) is 1.96. The molecule has 0 saturated heterocycles. The Morgan fingerprint density at radius 3 is 2.40 bits per heavy atom. The van der Waals surface area contributed by atoms with Crippen molar-refractivity contribution in [2.24, 2.45) is 0 Å². The van der Waals surface area contributed by atoms with Crippen LogP contribution in [0.25, 0.3) is 11.3 Å². The SMILES string of the molecule is Nc1cc(-c2ccc(SCc3ccccc3)cc2)[nH]n1. The van der Waals surface area contributed by atoms with Crippen molar-refractivity contribution in [1.82, 2.24) is 10.2 Å². The maximum atomic E-state index is 5.61. The van der Waals surface area contributed by atoms with Crippen LogP contribution in [0, 0.1) is 0 Å². The molecule has 0 fully saturated rings. The predicted molar refractivity (Wildman–Crippen MR) is 84.4 cm³/mol. The number of anilines is 1. The Kier molecular flexibility index (Phi) is 3.74. The third-order valence-electron chi connectivity index (χ3n) is 3.01. The minimum absolute atomic E-state index is 0.516. The van der Waals surface area contributed by atoms with Crippen LogP contribution < -0.4 is 5.73 Å². The number of H-pyrrole nitrogens is 1. The van der Waals surface area contributed by atoms with Crippen molar-refractivity contribution in [3.05, 3.63) is 66.2 Å². The van der Waals surface area contributed by atoms with Gasteiger partial charge < -0.3 is 5.73 Å². The highest BCUT2D eigenvalue weighted by Crippen LogP contribution is 2.26. The van der Waals surface area contributed by atoms with E-state index in [2.05, 4.69) is 58.7 Å². The number of nitrogens with zero attached hydrogens (tertiary/aromatic N) is 1. The molecule has 0 atom stereocenters. The topological polar surface area (TPSA) is 54.7 Å². The third-order valence-corrected chi connectivity index (χ3v) is 4.09. The number of thioether (sulfide) groups is 1. The van der Waals surface area contributed by atoms with Crippen molar-refractivity contribution in [2.75, 3.05) is 5.73 Å². The third kappa shape index (κ3) is 3.03. The zero-order valence-corrected chi connectivity index (χ0v) is 11.7. The summed E-state index contributed by atoms with van der Waals surface area (Å²) >= 11 is 1.83. The summed E-state index contributed by atoms with van der Waals surface area (Å²) in [4.78, 5) is 1.25. The van der Waals surface area contributed by atoms with E-state index in [-0.39, 0.29) is 0 Å². The fraction of sp³-hybridized carbons (Fsp3) is 0.0625. The van der Waals surface area contributed by atoms with Crippen molar-refractivity contribution in [3.8, 4) is 11.3 Å². The fourth-order valence-corrected chi connectivity index (χ4v) is 2.81. The largest absolute Gasteiger partial charge is 0.382 e. The molecule has 0 amide bonds. The summed E-state index contributed by atoms with van der Waals surface area (Å²) in [5.41, 5.74) is 8.99. The van der Waals surface area contributed by atoms with E-state index in [0.717, 1.165) is 17.0 Å². The monoisotopic (exact) mass is 281 g/mol. The van der Waals surface area contributed by atoms with E-state index < -0.39 is 0 Å². The van der Waals surface area contributed by atoms with Gasteiger partial charge in [0.2, 0.25) is 0 Å². The molecule has 20 heavy (non-hydrogen) atoms. The van der Waals surface area contributed by atoms with E-state index in [9.17, 15) is 0 Å². The van der Waals surface area contributed by atoms with Crippen LogP contribution in [0.3, 0.4) is 0 Å². The Morgan fingerprint density at radius 2 is 1.75 bits per heavy atom. The molecule has 3 N–H and O–H groups in total. The lowest BCUT2D eigenvalue weighted by Crippen LogP contribution is -1.81. The van der Waals surface area contributed by atoms with Crippen molar-refractivity contribution in [1.29, 1.82) is 0 Å². The lowest BCUT2D eigenvalue weighted by Gasteiger charge is -2.03. The Balaban J connectivity index is 1.67. The number of hydrogen-bond donors (Lipinski definition) is 2. The minimum atomic E-state index is 0.516. The van der Waals surface area contributed by atoms with Gasteiger partial charge in [0.25, 0.3) is 0 Å². The van der Waals surface area contributed by atoms with Crippen LogP contribution in [0.1, 0.15) is 5.56 Å². The first-order valence-corrected chi connectivity index (χ1v) is 7.38. The van der Waals surface area contributed by atoms with Gasteiger partial charge in [-0.3, -0.25) is 5.10 Å². The van der Waals surface area contributed by atoms with Crippen LogP contribution in [0.4, 0.5) is 5.82 Å². The van der Waals surface area contributed by atoms with Crippen LogP contribution in [-0.2, 0) is 5.75 Å². The first kappa shape index (κ1) is 12.8. The minimum Gasteiger partial charge on any atom is -0.382 e. The second-order valence-corrected chi connectivity index (χ2v) is 5.55. The molecular formula is C16H15N3S. The van der Waals surface area contributed by atoms with Gasteiger partial charge in [-0.1, -0.05) is 42.5 Å². The summed E-state index contributed by atoms with van der Waals surface area (Å²) in [6.07, 6.45) is 0. The second kappa shape index (κ2) is 5.84. The van der Waals surface area contributed by atoms with Gasteiger partial charge in [-0.05, 0) is 23.3 Å². The molecule has 1 heterocycles. The van der Waals surface area contributed by atoms with E-state index in [4.69, 9.17) is 5.73 Å². The van der Waals surface area contributed by atoms with Crippen molar-refractivity contribution in [2.45, 2.75) is 10.6 Å². The van der Waals surface area contributed by atoms with Crippen molar-refractivity contribution >= 4 is 17.6 Å². The summed E-state index contributed by atoms with van der Waals surface area (Å²) in [6, 6.07) is 20.7. The molecule has 4 heteroatoms. The molecule has 2 aromatic carbocycles. The van der Waals surface area contributed by atoms with Crippen LogP contribution in [0.2, 0.25) is 0 Å². The highest BCUT2D eigenvalue weighted by atomic mass is 32.2. The summed E-state index contributed by atoms with van der Waals surface area (Å²) in [7, 11) is 0. The van der Waals surface area contributed by atoms with E-state index in [0.29, 0.717) is 5.82 Å². The summed E-state index contributed by atoms with van der Waals surface area (Å²) in [5.74, 6) is 1.50. The lowest BCUT2D eigenvalue weighted by molar-refractivity contribution is 1.10. The number of nitrogen functional groups attached to an aromatic ring is 1. The normalized spacial score (nSPS) is 10.6. The van der Waals surface area contributed by atoms with Gasteiger partial charge in [0.15, 0.2) is 0 Å². The summed E-state index contributed by atoms with van der Waals surface area (Å²) in [6.45, 7) is 0. The molecule has 3 rings (SSSR count). The molecule has 0 unspecified atom stereocenters. The van der Waals surface area contributed by atoms with Gasteiger partial charge >= 0.3 is 0 Å². The van der Waals surface area contributed by atoms with Crippen LogP contribution >= 0.6 is 11.8 Å². The average molecular weight is 281 g/mol. The van der Waals surface area contributed by atoms with E-state index >= 15 is 0 Å². The first-order chi connectivity index (χ1) is 9.81. The van der Waals surface area contributed by atoms with Gasteiger partial charge in [0, 0.05) is 16.7 Å². The Bertz CT molecular complexity index is 674. The van der Waals surface area contributed by atoms with Gasteiger partial charge in [0.1, 0.15) is 5.82 Å². The Morgan fingerprint density at radius 1 is 1.00 bits per heavy atom. The highest BCUT2D eigenvalue weighted by molar-refractivity contribution is 7.98. The molecule has 1 aromatic heterocycles. The van der Waals surface area contributed by atoms with Crippen LogP contribution in [0.15, 0.2) is 65.6 Å². The molecular weight excluding hydrogens is 266 g/mol. The van der Waals surface area contributed by atoms with E-state index in [1.165, 1.54) is 10.5 Å². The summed E-state index contributed by atoms with van der Waals surface area (Å²) in [5, 5.41) is 6.86. The number of hydrogen-bond acceptors (Lipinski definition) is 3. The first-order valence-electron chi connectivity index (χ1n) is 6.39. The summed E-state index contributed by atoms with van der Waals surface area (Å²) < 4.78 is 0. The van der Waals surface area contributed by atoms with Gasteiger partial charge in [-0.2, -0.15) is 5.10 Å². The van der Waals surface area contributed by atoms with Crippen molar-refractivity contribution < 1.29 is 0 Å². The zero-order valence-electron chi connectivity index (χ0n) is 10.9. The quantitative estimate of drug-likeness (QED) is 0.712. The highest BCUT2D eigenvalue weighted by Gasteiger charge is 2.02. The molecule has 3 aromatic rings. The van der Waals surface area contributed by atoms with E-state index in [1.807, 2.05) is 23.9 Å². The maximum Gasteiger partial charge on any atom is 0.145 e. The number of aromatic nitrogens is 2. The number of nitrogens with two attached hydrogens (primary N) is 1. The molecule has 0 aliphatic rings.